The van der Waals surface area contributed by atoms with Gasteiger partial charge in [-0.1, -0.05) is 32.8 Å². The lowest BCUT2D eigenvalue weighted by molar-refractivity contribution is -0.122. The molecule has 1 rings (SSSR count). The van der Waals surface area contributed by atoms with Gasteiger partial charge in [-0.3, -0.25) is 4.79 Å². The van der Waals surface area contributed by atoms with E-state index in [4.69, 9.17) is 5.73 Å². The first-order chi connectivity index (χ1) is 9.13. The zero-order valence-corrected chi connectivity index (χ0v) is 12.4. The Balaban J connectivity index is 2.91. The molecule has 0 radical (unpaired) electrons. The molecule has 1 amide bonds. The summed E-state index contributed by atoms with van der Waals surface area (Å²) in [6.45, 7) is 6.96. The van der Waals surface area contributed by atoms with E-state index in [9.17, 15) is 4.79 Å². The number of amides is 1. The summed E-state index contributed by atoms with van der Waals surface area (Å²) in [7, 11) is 0. The predicted octanol–water partition coefficient (Wildman–Crippen LogP) is 3.84. The van der Waals surface area contributed by atoms with E-state index < -0.39 is 0 Å². The van der Waals surface area contributed by atoms with Crippen molar-refractivity contribution in [2.75, 3.05) is 17.2 Å². The van der Waals surface area contributed by atoms with E-state index in [0.29, 0.717) is 12.2 Å². The second-order valence-electron chi connectivity index (χ2n) is 4.95. The van der Waals surface area contributed by atoms with Gasteiger partial charge < -0.3 is 10.6 Å². The van der Waals surface area contributed by atoms with Gasteiger partial charge in [-0.2, -0.15) is 0 Å². The SMILES string of the molecule is CCCC(CCC)C(=O)N(CC)c1cccc(N)c1. The molecule has 0 unspecified atom stereocenters. The number of hydrogen-bond acceptors (Lipinski definition) is 2. The van der Waals surface area contributed by atoms with E-state index in [1.807, 2.05) is 36.1 Å². The van der Waals surface area contributed by atoms with Crippen molar-refractivity contribution in [1.29, 1.82) is 0 Å². The van der Waals surface area contributed by atoms with E-state index in [0.717, 1.165) is 31.4 Å². The maximum absolute atomic E-state index is 12.7. The number of nitrogens with zero attached hydrogens (tertiary/aromatic N) is 1. The normalized spacial score (nSPS) is 10.7. The van der Waals surface area contributed by atoms with Gasteiger partial charge in [0.1, 0.15) is 0 Å². The van der Waals surface area contributed by atoms with Crippen LogP contribution in [0.4, 0.5) is 11.4 Å². The van der Waals surface area contributed by atoms with Crippen molar-refractivity contribution in [2.24, 2.45) is 5.92 Å². The lowest BCUT2D eigenvalue weighted by atomic mass is 9.96. The summed E-state index contributed by atoms with van der Waals surface area (Å²) in [6, 6.07) is 7.57. The molecule has 0 fully saturated rings. The smallest absolute Gasteiger partial charge is 0.230 e. The quantitative estimate of drug-likeness (QED) is 0.759. The molecule has 3 heteroatoms. The van der Waals surface area contributed by atoms with Crippen LogP contribution in [0.25, 0.3) is 0 Å². The first-order valence-electron chi connectivity index (χ1n) is 7.30. The molecule has 2 N–H and O–H groups in total. The van der Waals surface area contributed by atoms with Gasteiger partial charge in [0.05, 0.1) is 0 Å². The van der Waals surface area contributed by atoms with Crippen molar-refractivity contribution in [2.45, 2.75) is 46.5 Å². The molecule has 0 saturated carbocycles. The molecule has 0 bridgehead atoms. The summed E-state index contributed by atoms with van der Waals surface area (Å²) < 4.78 is 0. The van der Waals surface area contributed by atoms with Crippen molar-refractivity contribution in [3.8, 4) is 0 Å². The molecule has 1 aromatic carbocycles. The second kappa shape index (κ2) is 7.82. The zero-order valence-electron chi connectivity index (χ0n) is 12.4. The number of rotatable bonds is 7. The molecule has 0 saturated heterocycles. The fourth-order valence-corrected chi connectivity index (χ4v) is 2.47. The molecule has 0 spiro atoms. The molecule has 0 aliphatic heterocycles. The summed E-state index contributed by atoms with van der Waals surface area (Å²) in [5.41, 5.74) is 7.41. The molecule has 0 aliphatic rings. The Labute approximate surface area is 116 Å². The van der Waals surface area contributed by atoms with Crippen LogP contribution in [-0.2, 0) is 4.79 Å². The van der Waals surface area contributed by atoms with Crippen LogP contribution in [0.1, 0.15) is 46.5 Å². The summed E-state index contributed by atoms with van der Waals surface area (Å²) in [5.74, 6) is 0.369. The molecule has 1 aromatic rings. The Morgan fingerprint density at radius 3 is 2.32 bits per heavy atom. The Morgan fingerprint density at radius 1 is 1.21 bits per heavy atom. The third-order valence-electron chi connectivity index (χ3n) is 3.39. The number of nitrogens with two attached hydrogens (primary N) is 1. The van der Waals surface area contributed by atoms with Gasteiger partial charge in [0.25, 0.3) is 0 Å². The molecular weight excluding hydrogens is 236 g/mol. The number of nitrogen functional groups attached to an aromatic ring is 1. The standard InChI is InChI=1S/C16H26N2O/c1-4-8-13(9-5-2)16(19)18(6-3)15-11-7-10-14(17)12-15/h7,10-13H,4-6,8-9,17H2,1-3H3. The highest BCUT2D eigenvalue weighted by Gasteiger charge is 2.23. The first-order valence-corrected chi connectivity index (χ1v) is 7.30. The van der Waals surface area contributed by atoms with Crippen molar-refractivity contribution in [1.82, 2.24) is 0 Å². The third-order valence-corrected chi connectivity index (χ3v) is 3.39. The topological polar surface area (TPSA) is 46.3 Å². The Bertz CT molecular complexity index is 397. The van der Waals surface area contributed by atoms with Gasteiger partial charge in [0, 0.05) is 23.8 Å². The Hall–Kier alpha value is -1.51. The minimum atomic E-state index is 0.136. The minimum absolute atomic E-state index is 0.136. The van der Waals surface area contributed by atoms with Crippen LogP contribution in [0.2, 0.25) is 0 Å². The van der Waals surface area contributed by atoms with Crippen LogP contribution in [0, 0.1) is 5.92 Å². The van der Waals surface area contributed by atoms with Crippen LogP contribution >= 0.6 is 0 Å². The van der Waals surface area contributed by atoms with Gasteiger partial charge >= 0.3 is 0 Å². The minimum Gasteiger partial charge on any atom is -0.399 e. The van der Waals surface area contributed by atoms with Gasteiger partial charge in [-0.15, -0.1) is 0 Å². The van der Waals surface area contributed by atoms with Crippen LogP contribution in [0.5, 0.6) is 0 Å². The second-order valence-corrected chi connectivity index (χ2v) is 4.95. The molecule has 0 aliphatic carbocycles. The van der Waals surface area contributed by atoms with E-state index in [2.05, 4.69) is 13.8 Å². The maximum atomic E-state index is 12.7. The van der Waals surface area contributed by atoms with Crippen molar-refractivity contribution in [3.63, 3.8) is 0 Å². The van der Waals surface area contributed by atoms with Gasteiger partial charge in [0.2, 0.25) is 5.91 Å². The molecule has 0 aromatic heterocycles. The lowest BCUT2D eigenvalue weighted by Crippen LogP contribution is -2.36. The fourth-order valence-electron chi connectivity index (χ4n) is 2.47. The van der Waals surface area contributed by atoms with E-state index in [1.54, 1.807) is 0 Å². The monoisotopic (exact) mass is 262 g/mol. The largest absolute Gasteiger partial charge is 0.399 e. The summed E-state index contributed by atoms with van der Waals surface area (Å²) >= 11 is 0. The molecule has 106 valence electrons. The summed E-state index contributed by atoms with van der Waals surface area (Å²) in [6.07, 6.45) is 4.02. The van der Waals surface area contributed by atoms with Gasteiger partial charge in [-0.25, -0.2) is 0 Å². The number of hydrogen-bond donors (Lipinski definition) is 1. The van der Waals surface area contributed by atoms with E-state index in [-0.39, 0.29) is 11.8 Å². The van der Waals surface area contributed by atoms with Crippen molar-refractivity contribution < 1.29 is 4.79 Å². The maximum Gasteiger partial charge on any atom is 0.230 e. The Morgan fingerprint density at radius 2 is 1.84 bits per heavy atom. The highest BCUT2D eigenvalue weighted by Crippen LogP contribution is 2.23. The highest BCUT2D eigenvalue weighted by atomic mass is 16.2. The third kappa shape index (κ3) is 4.27. The molecule has 0 heterocycles. The van der Waals surface area contributed by atoms with E-state index in [1.165, 1.54) is 0 Å². The van der Waals surface area contributed by atoms with E-state index >= 15 is 0 Å². The number of benzene rings is 1. The number of anilines is 2. The van der Waals surface area contributed by atoms with Crippen molar-refractivity contribution >= 4 is 17.3 Å². The lowest BCUT2D eigenvalue weighted by Gasteiger charge is -2.26. The number of carbonyl (C=O) groups excluding carboxylic acids is 1. The van der Waals surface area contributed by atoms with Crippen LogP contribution in [0.15, 0.2) is 24.3 Å². The van der Waals surface area contributed by atoms with Gasteiger partial charge in [0.15, 0.2) is 0 Å². The highest BCUT2D eigenvalue weighted by molar-refractivity contribution is 5.95. The van der Waals surface area contributed by atoms with Crippen LogP contribution in [-0.4, -0.2) is 12.5 Å². The fraction of sp³-hybridized carbons (Fsp3) is 0.562. The summed E-state index contributed by atoms with van der Waals surface area (Å²) in [5, 5.41) is 0. The Kier molecular flexibility index (Phi) is 6.40. The summed E-state index contributed by atoms with van der Waals surface area (Å²) in [4.78, 5) is 14.5. The zero-order chi connectivity index (χ0) is 14.3. The molecular formula is C16H26N2O. The van der Waals surface area contributed by atoms with Crippen LogP contribution in [0.3, 0.4) is 0 Å². The van der Waals surface area contributed by atoms with Crippen molar-refractivity contribution in [3.05, 3.63) is 24.3 Å². The molecule has 0 atom stereocenters. The molecule has 19 heavy (non-hydrogen) atoms. The average Bonchev–Trinajstić information content (AvgIpc) is 2.39. The van der Waals surface area contributed by atoms with Crippen LogP contribution < -0.4 is 10.6 Å². The molecule has 3 nitrogen and oxygen atoms in total. The predicted molar refractivity (Wildman–Crippen MR) is 82.2 cm³/mol. The number of carbonyl (C=O) groups is 1. The average molecular weight is 262 g/mol. The first kappa shape index (κ1) is 15.5. The van der Waals surface area contributed by atoms with Gasteiger partial charge in [-0.05, 0) is 38.0 Å².